The quantitative estimate of drug-likeness (QED) is 0.668. The van der Waals surface area contributed by atoms with Crippen molar-refractivity contribution < 1.29 is 9.59 Å². The SMILES string of the molecule is CC(C(=O)N(C)CC(=O)NCCN1CCNCC1)n1cccn1. The molecule has 8 heteroatoms. The molecule has 1 aliphatic rings. The Morgan fingerprint density at radius 2 is 2.13 bits per heavy atom. The zero-order chi connectivity index (χ0) is 16.7. The summed E-state index contributed by atoms with van der Waals surface area (Å²) < 4.78 is 1.58. The summed E-state index contributed by atoms with van der Waals surface area (Å²) in [4.78, 5) is 28.0. The zero-order valence-corrected chi connectivity index (χ0v) is 13.9. The minimum Gasteiger partial charge on any atom is -0.353 e. The van der Waals surface area contributed by atoms with Crippen LogP contribution >= 0.6 is 0 Å². The van der Waals surface area contributed by atoms with Crippen molar-refractivity contribution in [2.24, 2.45) is 0 Å². The maximum Gasteiger partial charge on any atom is 0.247 e. The first-order chi connectivity index (χ1) is 11.1. The highest BCUT2D eigenvalue weighted by Gasteiger charge is 2.21. The molecule has 1 fully saturated rings. The Labute approximate surface area is 136 Å². The minimum absolute atomic E-state index is 0.0615. The highest BCUT2D eigenvalue weighted by Crippen LogP contribution is 2.06. The van der Waals surface area contributed by atoms with E-state index in [0.29, 0.717) is 6.54 Å². The van der Waals surface area contributed by atoms with Crippen LogP contribution < -0.4 is 10.6 Å². The molecule has 8 nitrogen and oxygen atoms in total. The summed E-state index contributed by atoms with van der Waals surface area (Å²) in [6, 6.07) is 1.36. The molecule has 1 unspecified atom stereocenters. The van der Waals surface area contributed by atoms with Gasteiger partial charge in [0.25, 0.3) is 0 Å². The Balaban J connectivity index is 1.68. The van der Waals surface area contributed by atoms with Crippen LogP contribution in [0.5, 0.6) is 0 Å². The second kappa shape index (κ2) is 8.64. The number of nitrogens with zero attached hydrogens (tertiary/aromatic N) is 4. The summed E-state index contributed by atoms with van der Waals surface area (Å²) >= 11 is 0. The topological polar surface area (TPSA) is 82.5 Å². The summed E-state index contributed by atoms with van der Waals surface area (Å²) in [7, 11) is 1.64. The van der Waals surface area contributed by atoms with Gasteiger partial charge in [0.15, 0.2) is 0 Å². The number of carbonyl (C=O) groups is 2. The van der Waals surface area contributed by atoms with Crippen molar-refractivity contribution >= 4 is 11.8 Å². The van der Waals surface area contributed by atoms with Crippen LogP contribution in [0.25, 0.3) is 0 Å². The van der Waals surface area contributed by atoms with E-state index < -0.39 is 6.04 Å². The van der Waals surface area contributed by atoms with E-state index in [2.05, 4.69) is 20.6 Å². The molecule has 1 atom stereocenters. The van der Waals surface area contributed by atoms with Gasteiger partial charge in [0.05, 0.1) is 6.54 Å². The van der Waals surface area contributed by atoms with Gasteiger partial charge in [-0.1, -0.05) is 0 Å². The molecule has 1 aromatic heterocycles. The average Bonchev–Trinajstić information content (AvgIpc) is 3.08. The molecule has 128 valence electrons. The predicted molar refractivity (Wildman–Crippen MR) is 86.9 cm³/mol. The van der Waals surface area contributed by atoms with Crippen LogP contribution in [0.1, 0.15) is 13.0 Å². The van der Waals surface area contributed by atoms with E-state index in [1.807, 2.05) is 0 Å². The van der Waals surface area contributed by atoms with Crippen LogP contribution in [0.2, 0.25) is 0 Å². The molecule has 0 bridgehead atoms. The highest BCUT2D eigenvalue weighted by atomic mass is 16.2. The molecule has 0 radical (unpaired) electrons. The molecular weight excluding hydrogens is 296 g/mol. The summed E-state index contributed by atoms with van der Waals surface area (Å²) in [6.07, 6.45) is 3.37. The third-order valence-corrected chi connectivity index (χ3v) is 4.00. The van der Waals surface area contributed by atoms with E-state index in [9.17, 15) is 9.59 Å². The number of hydrogen-bond acceptors (Lipinski definition) is 5. The smallest absolute Gasteiger partial charge is 0.247 e. The van der Waals surface area contributed by atoms with Gasteiger partial charge in [0, 0.05) is 58.7 Å². The molecule has 2 amide bonds. The lowest BCUT2D eigenvalue weighted by Gasteiger charge is -2.27. The molecule has 23 heavy (non-hydrogen) atoms. The first kappa shape index (κ1) is 17.4. The molecule has 1 saturated heterocycles. The normalized spacial score (nSPS) is 16.8. The Kier molecular flexibility index (Phi) is 6.54. The monoisotopic (exact) mass is 322 g/mol. The molecular formula is C15H26N6O2. The molecule has 0 aromatic carbocycles. The van der Waals surface area contributed by atoms with Gasteiger partial charge in [-0.2, -0.15) is 5.10 Å². The Morgan fingerprint density at radius 1 is 1.39 bits per heavy atom. The Bertz CT molecular complexity index is 498. The van der Waals surface area contributed by atoms with E-state index in [1.54, 1.807) is 37.1 Å². The van der Waals surface area contributed by atoms with Crippen molar-refractivity contribution in [1.29, 1.82) is 0 Å². The van der Waals surface area contributed by atoms with Crippen molar-refractivity contribution in [2.75, 3.05) is 52.9 Å². The Morgan fingerprint density at radius 3 is 2.78 bits per heavy atom. The fourth-order valence-corrected chi connectivity index (χ4v) is 2.58. The number of hydrogen-bond donors (Lipinski definition) is 2. The van der Waals surface area contributed by atoms with Gasteiger partial charge in [-0.05, 0) is 13.0 Å². The number of piperazine rings is 1. The van der Waals surface area contributed by atoms with Gasteiger partial charge in [0.2, 0.25) is 11.8 Å². The highest BCUT2D eigenvalue weighted by molar-refractivity contribution is 5.86. The van der Waals surface area contributed by atoms with Gasteiger partial charge in [-0.3, -0.25) is 19.2 Å². The van der Waals surface area contributed by atoms with Gasteiger partial charge in [0.1, 0.15) is 6.04 Å². The number of carbonyl (C=O) groups excluding carboxylic acids is 2. The summed E-state index contributed by atoms with van der Waals surface area (Å²) in [6.45, 7) is 7.29. The second-order valence-electron chi connectivity index (χ2n) is 5.80. The van der Waals surface area contributed by atoms with Crippen molar-refractivity contribution in [1.82, 2.24) is 30.2 Å². The predicted octanol–water partition coefficient (Wildman–Crippen LogP) is -1.08. The third-order valence-electron chi connectivity index (χ3n) is 4.00. The summed E-state index contributed by atoms with van der Waals surface area (Å²) in [5.74, 6) is -0.269. The number of rotatable bonds is 7. The maximum atomic E-state index is 12.3. The molecule has 2 rings (SSSR count). The van der Waals surface area contributed by atoms with Crippen LogP contribution in [0, 0.1) is 0 Å². The van der Waals surface area contributed by atoms with Crippen molar-refractivity contribution in [3.63, 3.8) is 0 Å². The van der Waals surface area contributed by atoms with Crippen LogP contribution in [0.15, 0.2) is 18.5 Å². The van der Waals surface area contributed by atoms with Gasteiger partial charge in [-0.15, -0.1) is 0 Å². The molecule has 0 aliphatic carbocycles. The molecule has 2 heterocycles. The second-order valence-corrected chi connectivity index (χ2v) is 5.80. The van der Waals surface area contributed by atoms with E-state index >= 15 is 0 Å². The van der Waals surface area contributed by atoms with E-state index in [0.717, 1.165) is 32.7 Å². The van der Waals surface area contributed by atoms with E-state index in [4.69, 9.17) is 0 Å². The fraction of sp³-hybridized carbons (Fsp3) is 0.667. The third kappa shape index (κ3) is 5.33. The standard InChI is InChI=1S/C15H26N6O2/c1-13(21-8-3-4-18-21)15(23)19(2)12-14(22)17-7-11-20-9-5-16-6-10-20/h3-4,8,13,16H,5-7,9-12H2,1-2H3,(H,17,22). The molecule has 1 aliphatic heterocycles. The van der Waals surface area contributed by atoms with Gasteiger partial charge < -0.3 is 15.5 Å². The lowest BCUT2D eigenvalue weighted by Crippen LogP contribution is -2.47. The first-order valence-electron chi connectivity index (χ1n) is 8.02. The fourth-order valence-electron chi connectivity index (χ4n) is 2.58. The first-order valence-corrected chi connectivity index (χ1v) is 8.02. The number of amides is 2. The maximum absolute atomic E-state index is 12.3. The number of nitrogens with one attached hydrogen (secondary N) is 2. The van der Waals surface area contributed by atoms with Crippen LogP contribution in [-0.4, -0.2) is 84.3 Å². The zero-order valence-electron chi connectivity index (χ0n) is 13.9. The largest absolute Gasteiger partial charge is 0.353 e. The van der Waals surface area contributed by atoms with Crippen LogP contribution in [-0.2, 0) is 9.59 Å². The van der Waals surface area contributed by atoms with Crippen molar-refractivity contribution in [3.8, 4) is 0 Å². The lowest BCUT2D eigenvalue weighted by atomic mass is 10.3. The minimum atomic E-state index is -0.413. The number of likely N-dealkylation sites (N-methyl/N-ethyl adjacent to an activating group) is 1. The average molecular weight is 322 g/mol. The summed E-state index contributed by atoms with van der Waals surface area (Å²) in [5.41, 5.74) is 0. The lowest BCUT2D eigenvalue weighted by molar-refractivity contribution is -0.137. The Hall–Kier alpha value is -1.93. The van der Waals surface area contributed by atoms with E-state index in [-0.39, 0.29) is 18.4 Å². The van der Waals surface area contributed by atoms with Gasteiger partial charge >= 0.3 is 0 Å². The van der Waals surface area contributed by atoms with E-state index in [1.165, 1.54) is 4.90 Å². The van der Waals surface area contributed by atoms with Crippen molar-refractivity contribution in [2.45, 2.75) is 13.0 Å². The molecule has 1 aromatic rings. The van der Waals surface area contributed by atoms with Gasteiger partial charge in [-0.25, -0.2) is 0 Å². The molecule has 0 saturated carbocycles. The van der Waals surface area contributed by atoms with Crippen LogP contribution in [0.4, 0.5) is 0 Å². The van der Waals surface area contributed by atoms with Crippen molar-refractivity contribution in [3.05, 3.63) is 18.5 Å². The molecule has 0 spiro atoms. The van der Waals surface area contributed by atoms with Crippen LogP contribution in [0.3, 0.4) is 0 Å². The molecule has 2 N–H and O–H groups in total. The summed E-state index contributed by atoms with van der Waals surface area (Å²) in [5, 5.41) is 10.2. The number of aromatic nitrogens is 2.